The summed E-state index contributed by atoms with van der Waals surface area (Å²) in [6, 6.07) is 5.94. The molecule has 2 N–H and O–H groups in total. The van der Waals surface area contributed by atoms with Gasteiger partial charge in [-0.3, -0.25) is 4.79 Å². The number of anilines is 2. The number of carbonyl (C=O) groups is 1. The van der Waals surface area contributed by atoms with E-state index in [-0.39, 0.29) is 5.91 Å². The average molecular weight is 312 g/mol. The fourth-order valence-corrected chi connectivity index (χ4v) is 2.26. The maximum atomic E-state index is 12.2. The van der Waals surface area contributed by atoms with E-state index in [0.29, 0.717) is 17.4 Å². The van der Waals surface area contributed by atoms with Gasteiger partial charge >= 0.3 is 0 Å². The molecule has 1 aromatic heterocycles. The van der Waals surface area contributed by atoms with Crippen LogP contribution in [0.2, 0.25) is 0 Å². The van der Waals surface area contributed by atoms with E-state index >= 15 is 0 Å². The van der Waals surface area contributed by atoms with Crippen LogP contribution in [-0.2, 0) is 0 Å². The van der Waals surface area contributed by atoms with Crippen molar-refractivity contribution >= 4 is 17.5 Å². The standard InChI is InChI=1S/C18H24N4O/c1-12(2)5-6-19-18-20-10-15(11-21-18)17(23)22-16-8-13(3)7-14(4)9-16/h7-12H,5-6H2,1-4H3,(H,22,23)(H,19,20,21). The largest absolute Gasteiger partial charge is 0.354 e. The van der Waals surface area contributed by atoms with Gasteiger partial charge in [-0.2, -0.15) is 0 Å². The molecule has 0 aliphatic rings. The van der Waals surface area contributed by atoms with Crippen molar-refractivity contribution in [2.24, 2.45) is 5.92 Å². The van der Waals surface area contributed by atoms with Crippen LogP contribution in [0.4, 0.5) is 11.6 Å². The Morgan fingerprint density at radius 2 is 1.70 bits per heavy atom. The molecule has 2 aromatic rings. The van der Waals surface area contributed by atoms with Gasteiger partial charge < -0.3 is 10.6 Å². The highest BCUT2D eigenvalue weighted by Crippen LogP contribution is 2.15. The number of amides is 1. The van der Waals surface area contributed by atoms with Crippen LogP contribution in [-0.4, -0.2) is 22.4 Å². The van der Waals surface area contributed by atoms with Gasteiger partial charge in [-0.15, -0.1) is 0 Å². The minimum Gasteiger partial charge on any atom is -0.354 e. The molecular weight excluding hydrogens is 288 g/mol. The molecule has 2 rings (SSSR count). The average Bonchev–Trinajstić information content (AvgIpc) is 2.46. The maximum Gasteiger partial charge on any atom is 0.258 e. The van der Waals surface area contributed by atoms with Crippen LogP contribution in [0.3, 0.4) is 0 Å². The number of hydrogen-bond donors (Lipinski definition) is 2. The zero-order valence-corrected chi connectivity index (χ0v) is 14.2. The van der Waals surface area contributed by atoms with Gasteiger partial charge in [0, 0.05) is 24.6 Å². The number of carbonyl (C=O) groups excluding carboxylic acids is 1. The summed E-state index contributed by atoms with van der Waals surface area (Å²) < 4.78 is 0. The lowest BCUT2D eigenvalue weighted by Gasteiger charge is -2.09. The van der Waals surface area contributed by atoms with E-state index in [4.69, 9.17) is 0 Å². The molecule has 0 saturated heterocycles. The number of nitrogens with zero attached hydrogens (tertiary/aromatic N) is 2. The Morgan fingerprint density at radius 3 is 2.26 bits per heavy atom. The van der Waals surface area contributed by atoms with Gasteiger partial charge in [0.1, 0.15) is 0 Å². The number of aromatic nitrogens is 2. The molecule has 23 heavy (non-hydrogen) atoms. The first kappa shape index (κ1) is 16.9. The van der Waals surface area contributed by atoms with Crippen molar-refractivity contribution in [2.45, 2.75) is 34.1 Å². The third kappa shape index (κ3) is 5.36. The van der Waals surface area contributed by atoms with E-state index in [0.717, 1.165) is 29.8 Å². The minimum atomic E-state index is -0.205. The number of nitrogens with one attached hydrogen (secondary N) is 2. The summed E-state index contributed by atoms with van der Waals surface area (Å²) in [7, 11) is 0. The molecule has 1 heterocycles. The Bertz CT molecular complexity index is 645. The Morgan fingerprint density at radius 1 is 1.09 bits per heavy atom. The topological polar surface area (TPSA) is 66.9 Å². The summed E-state index contributed by atoms with van der Waals surface area (Å²) in [5.74, 6) is 0.975. The van der Waals surface area contributed by atoms with Gasteiger partial charge in [-0.25, -0.2) is 9.97 Å². The van der Waals surface area contributed by atoms with Gasteiger partial charge in [0.05, 0.1) is 5.56 Å². The van der Waals surface area contributed by atoms with Crippen LogP contribution >= 0.6 is 0 Å². The van der Waals surface area contributed by atoms with Gasteiger partial charge in [-0.05, 0) is 49.4 Å². The van der Waals surface area contributed by atoms with Crippen molar-refractivity contribution in [2.75, 3.05) is 17.2 Å². The second-order valence-corrected chi connectivity index (χ2v) is 6.24. The van der Waals surface area contributed by atoms with Crippen LogP contribution in [0.25, 0.3) is 0 Å². The molecule has 0 fully saturated rings. The molecule has 1 aromatic carbocycles. The Balaban J connectivity index is 1.97. The monoisotopic (exact) mass is 312 g/mol. The van der Waals surface area contributed by atoms with Crippen LogP contribution in [0, 0.1) is 19.8 Å². The van der Waals surface area contributed by atoms with Gasteiger partial charge in [-0.1, -0.05) is 19.9 Å². The van der Waals surface area contributed by atoms with Gasteiger partial charge in [0.25, 0.3) is 5.91 Å². The van der Waals surface area contributed by atoms with E-state index in [1.165, 1.54) is 0 Å². The lowest BCUT2D eigenvalue weighted by Crippen LogP contribution is -2.14. The summed E-state index contributed by atoms with van der Waals surface area (Å²) in [6.07, 6.45) is 4.14. The number of aryl methyl sites for hydroxylation is 2. The zero-order valence-electron chi connectivity index (χ0n) is 14.2. The van der Waals surface area contributed by atoms with Crippen LogP contribution < -0.4 is 10.6 Å². The van der Waals surface area contributed by atoms with Crippen molar-refractivity contribution in [1.82, 2.24) is 9.97 Å². The van der Waals surface area contributed by atoms with Crippen molar-refractivity contribution in [3.05, 3.63) is 47.3 Å². The van der Waals surface area contributed by atoms with Crippen LogP contribution in [0.5, 0.6) is 0 Å². The molecule has 5 heteroatoms. The highest BCUT2D eigenvalue weighted by molar-refractivity contribution is 6.03. The van der Waals surface area contributed by atoms with Crippen LogP contribution in [0.1, 0.15) is 41.8 Å². The number of benzene rings is 1. The molecule has 1 amide bonds. The summed E-state index contributed by atoms with van der Waals surface area (Å²) in [5, 5.41) is 6.03. The van der Waals surface area contributed by atoms with E-state index in [9.17, 15) is 4.79 Å². The molecule has 0 radical (unpaired) electrons. The Hall–Kier alpha value is -2.43. The van der Waals surface area contributed by atoms with Gasteiger partial charge in [0.2, 0.25) is 5.95 Å². The zero-order chi connectivity index (χ0) is 16.8. The Kier molecular flexibility index (Phi) is 5.68. The highest BCUT2D eigenvalue weighted by atomic mass is 16.1. The molecule has 0 spiro atoms. The minimum absolute atomic E-state index is 0.205. The lowest BCUT2D eigenvalue weighted by atomic mass is 10.1. The molecule has 0 unspecified atom stereocenters. The first-order valence-electron chi connectivity index (χ1n) is 7.89. The molecule has 0 saturated carbocycles. The lowest BCUT2D eigenvalue weighted by molar-refractivity contribution is 0.102. The quantitative estimate of drug-likeness (QED) is 0.851. The predicted molar refractivity (Wildman–Crippen MR) is 93.8 cm³/mol. The summed E-state index contributed by atoms with van der Waals surface area (Å²) in [6.45, 7) is 9.17. The van der Waals surface area contributed by atoms with Gasteiger partial charge in [0.15, 0.2) is 0 Å². The molecule has 0 atom stereocenters. The summed E-state index contributed by atoms with van der Waals surface area (Å²) in [5.41, 5.74) is 3.45. The van der Waals surface area contributed by atoms with Crippen molar-refractivity contribution in [3.8, 4) is 0 Å². The van der Waals surface area contributed by atoms with E-state index in [2.05, 4.69) is 40.5 Å². The number of rotatable bonds is 6. The predicted octanol–water partition coefficient (Wildman–Crippen LogP) is 3.80. The maximum absolute atomic E-state index is 12.2. The molecule has 122 valence electrons. The number of hydrogen-bond acceptors (Lipinski definition) is 4. The molecule has 0 aliphatic carbocycles. The van der Waals surface area contributed by atoms with E-state index in [1.807, 2.05) is 26.0 Å². The van der Waals surface area contributed by atoms with Crippen LogP contribution in [0.15, 0.2) is 30.6 Å². The smallest absolute Gasteiger partial charge is 0.258 e. The van der Waals surface area contributed by atoms with Crippen molar-refractivity contribution < 1.29 is 4.79 Å². The third-order valence-electron chi connectivity index (χ3n) is 3.40. The fraction of sp³-hybridized carbons (Fsp3) is 0.389. The molecule has 0 bridgehead atoms. The molecule has 5 nitrogen and oxygen atoms in total. The van der Waals surface area contributed by atoms with E-state index in [1.54, 1.807) is 12.4 Å². The normalized spacial score (nSPS) is 10.7. The molecular formula is C18H24N4O. The first-order valence-corrected chi connectivity index (χ1v) is 7.89. The van der Waals surface area contributed by atoms with E-state index < -0.39 is 0 Å². The molecule has 0 aliphatic heterocycles. The second-order valence-electron chi connectivity index (χ2n) is 6.24. The van der Waals surface area contributed by atoms with Crippen molar-refractivity contribution in [3.63, 3.8) is 0 Å². The summed E-state index contributed by atoms with van der Waals surface area (Å²) >= 11 is 0. The summed E-state index contributed by atoms with van der Waals surface area (Å²) in [4.78, 5) is 20.6. The van der Waals surface area contributed by atoms with Crippen molar-refractivity contribution in [1.29, 1.82) is 0 Å². The fourth-order valence-electron chi connectivity index (χ4n) is 2.26. The third-order valence-corrected chi connectivity index (χ3v) is 3.40. The highest BCUT2D eigenvalue weighted by Gasteiger charge is 2.08. The second kappa shape index (κ2) is 7.72. The first-order chi connectivity index (χ1) is 10.9. The SMILES string of the molecule is Cc1cc(C)cc(NC(=O)c2cnc(NCCC(C)C)nc2)c1. The Labute approximate surface area is 137 Å².